The second-order valence-electron chi connectivity index (χ2n) is 5.86. The summed E-state index contributed by atoms with van der Waals surface area (Å²) in [5.74, 6) is 0.456. The summed E-state index contributed by atoms with van der Waals surface area (Å²) in [5, 5.41) is 3.19. The molecule has 3 rings (SSSR count). The lowest BCUT2D eigenvalue weighted by atomic mass is 10.0. The molecule has 0 spiro atoms. The maximum Gasteiger partial charge on any atom is 0.228 e. The van der Waals surface area contributed by atoms with Crippen LogP contribution in [0.15, 0.2) is 42.5 Å². The third kappa shape index (κ3) is 4.80. The molecule has 2 aromatic rings. The molecule has 1 fully saturated rings. The van der Waals surface area contributed by atoms with Crippen molar-refractivity contribution in [3.8, 4) is 0 Å². The van der Waals surface area contributed by atoms with Crippen LogP contribution in [0, 0.1) is 12.8 Å². The van der Waals surface area contributed by atoms with Crippen LogP contribution in [0.5, 0.6) is 0 Å². The van der Waals surface area contributed by atoms with Gasteiger partial charge in [0.15, 0.2) is 0 Å². The molecule has 0 aliphatic carbocycles. The number of amides is 1. The van der Waals surface area contributed by atoms with Gasteiger partial charge in [0, 0.05) is 29.4 Å². The van der Waals surface area contributed by atoms with Gasteiger partial charge >= 0.3 is 0 Å². The minimum atomic E-state index is 0. The van der Waals surface area contributed by atoms with Crippen molar-refractivity contribution in [2.24, 2.45) is 5.92 Å². The maximum absolute atomic E-state index is 12.6. The molecule has 1 saturated heterocycles. The summed E-state index contributed by atoms with van der Waals surface area (Å²) in [7, 11) is 0. The van der Waals surface area contributed by atoms with Crippen molar-refractivity contribution >= 4 is 29.7 Å². The summed E-state index contributed by atoms with van der Waals surface area (Å²) in [6.45, 7) is 5.28. The molecule has 1 aliphatic heterocycles. The standard InChI is InChI=1S/C18H22N2OS.ClH/c1-14-7-8-17(22-14)13-20(18(21)16-11-19-12-16)10-9-15-5-3-2-4-6-15;/h2-8,16,19H,9-13H2,1H3;1H. The minimum absolute atomic E-state index is 0. The van der Waals surface area contributed by atoms with E-state index in [-0.39, 0.29) is 18.3 Å². The highest BCUT2D eigenvalue weighted by atomic mass is 35.5. The number of rotatable bonds is 6. The molecule has 0 bridgehead atoms. The summed E-state index contributed by atoms with van der Waals surface area (Å²) in [5.41, 5.74) is 1.29. The Balaban J connectivity index is 0.00000192. The molecule has 1 aromatic carbocycles. The van der Waals surface area contributed by atoms with Gasteiger partial charge in [-0.2, -0.15) is 0 Å². The van der Waals surface area contributed by atoms with Crippen LogP contribution in [0.4, 0.5) is 0 Å². The van der Waals surface area contributed by atoms with Crippen molar-refractivity contribution in [2.75, 3.05) is 19.6 Å². The van der Waals surface area contributed by atoms with Crippen LogP contribution in [0.1, 0.15) is 15.3 Å². The Morgan fingerprint density at radius 2 is 1.96 bits per heavy atom. The average molecular weight is 351 g/mol. The van der Waals surface area contributed by atoms with Crippen molar-refractivity contribution in [3.05, 3.63) is 57.8 Å². The Morgan fingerprint density at radius 1 is 1.22 bits per heavy atom. The molecule has 1 aliphatic rings. The topological polar surface area (TPSA) is 32.3 Å². The second kappa shape index (κ2) is 8.48. The van der Waals surface area contributed by atoms with Gasteiger partial charge in [-0.15, -0.1) is 23.7 Å². The number of nitrogens with zero attached hydrogens (tertiary/aromatic N) is 1. The van der Waals surface area contributed by atoms with Gasteiger partial charge < -0.3 is 10.2 Å². The minimum Gasteiger partial charge on any atom is -0.337 e. The van der Waals surface area contributed by atoms with E-state index in [1.165, 1.54) is 15.3 Å². The summed E-state index contributed by atoms with van der Waals surface area (Å²) in [4.78, 5) is 17.3. The number of aryl methyl sites for hydroxylation is 1. The van der Waals surface area contributed by atoms with E-state index in [1.807, 2.05) is 11.0 Å². The Kier molecular flexibility index (Phi) is 6.63. The zero-order valence-corrected chi connectivity index (χ0v) is 15.0. The van der Waals surface area contributed by atoms with Crippen molar-refractivity contribution < 1.29 is 4.79 Å². The van der Waals surface area contributed by atoms with E-state index < -0.39 is 0 Å². The lowest BCUT2D eigenvalue weighted by Gasteiger charge is -2.32. The van der Waals surface area contributed by atoms with Crippen LogP contribution in [0.2, 0.25) is 0 Å². The predicted molar refractivity (Wildman–Crippen MR) is 98.2 cm³/mol. The van der Waals surface area contributed by atoms with Crippen molar-refractivity contribution in [3.63, 3.8) is 0 Å². The first-order valence-corrected chi connectivity index (χ1v) is 8.63. The molecular weight excluding hydrogens is 328 g/mol. The molecule has 3 nitrogen and oxygen atoms in total. The third-order valence-corrected chi connectivity index (χ3v) is 5.08. The number of nitrogens with one attached hydrogen (secondary N) is 1. The highest BCUT2D eigenvalue weighted by molar-refractivity contribution is 7.11. The van der Waals surface area contributed by atoms with Gasteiger partial charge in [0.2, 0.25) is 5.91 Å². The van der Waals surface area contributed by atoms with Crippen LogP contribution < -0.4 is 5.32 Å². The predicted octanol–water partition coefficient (Wildman–Crippen LogP) is 3.27. The lowest BCUT2D eigenvalue weighted by Crippen LogP contribution is -2.52. The normalized spacial score (nSPS) is 14.0. The Hall–Kier alpha value is -1.36. The van der Waals surface area contributed by atoms with Gasteiger partial charge in [-0.1, -0.05) is 30.3 Å². The smallest absolute Gasteiger partial charge is 0.228 e. The molecule has 0 saturated carbocycles. The second-order valence-corrected chi connectivity index (χ2v) is 7.24. The average Bonchev–Trinajstić information content (AvgIpc) is 2.88. The van der Waals surface area contributed by atoms with Gasteiger partial charge in [-0.05, 0) is 31.0 Å². The van der Waals surface area contributed by atoms with Crippen LogP contribution in [0.25, 0.3) is 0 Å². The van der Waals surface area contributed by atoms with E-state index in [9.17, 15) is 4.79 Å². The molecular formula is C18H23ClN2OS. The number of thiophene rings is 1. The van der Waals surface area contributed by atoms with Gasteiger partial charge in [-0.25, -0.2) is 0 Å². The molecule has 0 radical (unpaired) electrons. The van der Waals surface area contributed by atoms with Crippen LogP contribution in [-0.4, -0.2) is 30.4 Å². The zero-order chi connectivity index (χ0) is 15.4. The largest absolute Gasteiger partial charge is 0.337 e. The van der Waals surface area contributed by atoms with E-state index in [4.69, 9.17) is 0 Å². The number of carbonyl (C=O) groups excluding carboxylic acids is 1. The van der Waals surface area contributed by atoms with Gasteiger partial charge in [-0.3, -0.25) is 4.79 Å². The highest BCUT2D eigenvalue weighted by Crippen LogP contribution is 2.19. The fourth-order valence-corrected chi connectivity index (χ4v) is 3.56. The Bertz CT molecular complexity index is 625. The van der Waals surface area contributed by atoms with E-state index in [2.05, 4.69) is 48.6 Å². The summed E-state index contributed by atoms with van der Waals surface area (Å²) < 4.78 is 0. The third-order valence-electron chi connectivity index (χ3n) is 4.10. The first-order chi connectivity index (χ1) is 10.7. The maximum atomic E-state index is 12.6. The molecule has 1 N–H and O–H groups in total. The number of halogens is 1. The molecule has 0 atom stereocenters. The monoisotopic (exact) mass is 350 g/mol. The summed E-state index contributed by atoms with van der Waals surface area (Å²) in [6.07, 6.45) is 0.914. The number of carbonyl (C=O) groups is 1. The molecule has 5 heteroatoms. The fraction of sp³-hybridized carbons (Fsp3) is 0.389. The quantitative estimate of drug-likeness (QED) is 0.867. The van der Waals surface area contributed by atoms with E-state index in [1.54, 1.807) is 11.3 Å². The highest BCUT2D eigenvalue weighted by Gasteiger charge is 2.29. The molecule has 23 heavy (non-hydrogen) atoms. The van der Waals surface area contributed by atoms with E-state index in [0.717, 1.165) is 32.6 Å². The zero-order valence-electron chi connectivity index (χ0n) is 13.3. The van der Waals surface area contributed by atoms with Crippen LogP contribution in [0.3, 0.4) is 0 Å². The molecule has 0 unspecified atom stereocenters. The van der Waals surface area contributed by atoms with Crippen molar-refractivity contribution in [2.45, 2.75) is 19.9 Å². The van der Waals surface area contributed by atoms with E-state index >= 15 is 0 Å². The number of hydrogen-bond donors (Lipinski definition) is 1. The van der Waals surface area contributed by atoms with Gasteiger partial charge in [0.25, 0.3) is 0 Å². The SMILES string of the molecule is Cc1ccc(CN(CCc2ccccc2)C(=O)C2CNC2)s1.Cl. The van der Waals surface area contributed by atoms with Gasteiger partial charge in [0.05, 0.1) is 12.5 Å². The number of hydrogen-bond acceptors (Lipinski definition) is 3. The molecule has 124 valence electrons. The number of benzene rings is 1. The summed E-state index contributed by atoms with van der Waals surface area (Å²) >= 11 is 1.78. The fourth-order valence-electron chi connectivity index (χ4n) is 2.66. The van der Waals surface area contributed by atoms with Crippen molar-refractivity contribution in [1.29, 1.82) is 0 Å². The van der Waals surface area contributed by atoms with Gasteiger partial charge in [0.1, 0.15) is 0 Å². The molecule has 1 aromatic heterocycles. The first-order valence-electron chi connectivity index (χ1n) is 7.81. The molecule has 1 amide bonds. The van der Waals surface area contributed by atoms with Crippen LogP contribution in [-0.2, 0) is 17.8 Å². The molecule has 2 heterocycles. The van der Waals surface area contributed by atoms with Crippen LogP contribution >= 0.6 is 23.7 Å². The van der Waals surface area contributed by atoms with Crippen molar-refractivity contribution in [1.82, 2.24) is 10.2 Å². The Morgan fingerprint density at radius 3 is 2.52 bits per heavy atom. The lowest BCUT2D eigenvalue weighted by molar-refractivity contribution is -0.137. The van der Waals surface area contributed by atoms with E-state index in [0.29, 0.717) is 5.91 Å². The first kappa shape index (κ1) is 18.0. The Labute approximate surface area is 148 Å². The summed E-state index contributed by atoms with van der Waals surface area (Å²) in [6, 6.07) is 14.7.